The molecule has 0 bridgehead atoms. The van der Waals surface area contributed by atoms with Crippen molar-refractivity contribution in [2.24, 2.45) is 0 Å². The molecule has 13 heavy (non-hydrogen) atoms. The third kappa shape index (κ3) is 2.45. The van der Waals surface area contributed by atoms with Gasteiger partial charge in [-0.1, -0.05) is 11.3 Å². The van der Waals surface area contributed by atoms with Gasteiger partial charge in [0.2, 0.25) is 28.4 Å². The third-order valence-corrected chi connectivity index (χ3v) is 5.28. The van der Waals surface area contributed by atoms with Gasteiger partial charge in [-0.3, -0.25) is 0 Å². The number of hydrogen-bond acceptors (Lipinski definition) is 7. The molecule has 6 nitrogen and oxygen atoms in total. The summed E-state index contributed by atoms with van der Waals surface area (Å²) in [5.41, 5.74) is 0. The van der Waals surface area contributed by atoms with Crippen molar-refractivity contribution >= 4 is 31.0 Å². The molecule has 0 amide bonds. The lowest BCUT2D eigenvalue weighted by atomic mass is 11.5. The van der Waals surface area contributed by atoms with E-state index < -0.39 is 19.7 Å². The van der Waals surface area contributed by atoms with E-state index in [1.54, 1.807) is 0 Å². The Hall–Kier alpha value is -0.540. The molecule has 1 aromatic rings. The molecule has 1 aromatic heterocycles. The summed E-state index contributed by atoms with van der Waals surface area (Å²) in [5.74, 6) is 0. The molecule has 1 rings (SSSR count). The highest BCUT2D eigenvalue weighted by Crippen LogP contribution is 2.18. The Morgan fingerprint density at radius 3 is 1.38 bits per heavy atom. The van der Waals surface area contributed by atoms with Crippen molar-refractivity contribution in [1.82, 2.24) is 10.2 Å². The molecule has 0 saturated carbocycles. The molecule has 0 N–H and O–H groups in total. The predicted molar refractivity (Wildman–Crippen MR) is 46.1 cm³/mol. The van der Waals surface area contributed by atoms with E-state index in [9.17, 15) is 16.8 Å². The molecule has 74 valence electrons. The van der Waals surface area contributed by atoms with E-state index in [2.05, 4.69) is 10.2 Å². The molecule has 0 unspecified atom stereocenters. The first kappa shape index (κ1) is 10.5. The van der Waals surface area contributed by atoms with Crippen LogP contribution in [0.2, 0.25) is 0 Å². The van der Waals surface area contributed by atoms with Crippen LogP contribution in [-0.2, 0) is 19.7 Å². The lowest BCUT2D eigenvalue weighted by molar-refractivity contribution is 0.595. The Labute approximate surface area is 79.5 Å². The highest BCUT2D eigenvalue weighted by molar-refractivity contribution is 7.95. The Morgan fingerprint density at radius 1 is 0.923 bits per heavy atom. The van der Waals surface area contributed by atoms with Crippen molar-refractivity contribution in [1.29, 1.82) is 0 Å². The van der Waals surface area contributed by atoms with E-state index in [-0.39, 0.29) is 8.68 Å². The van der Waals surface area contributed by atoms with Gasteiger partial charge in [0.15, 0.2) is 0 Å². The minimum absolute atomic E-state index is 0.284. The zero-order valence-corrected chi connectivity index (χ0v) is 9.20. The van der Waals surface area contributed by atoms with Crippen molar-refractivity contribution in [3.05, 3.63) is 0 Å². The largest absolute Gasteiger partial charge is 0.233 e. The van der Waals surface area contributed by atoms with Gasteiger partial charge in [0, 0.05) is 12.5 Å². The molecule has 0 aliphatic rings. The molecule has 0 atom stereocenters. The Kier molecular flexibility index (Phi) is 2.43. The molecule has 0 saturated heterocycles. The second kappa shape index (κ2) is 3.00. The van der Waals surface area contributed by atoms with Crippen molar-refractivity contribution in [2.75, 3.05) is 12.5 Å². The van der Waals surface area contributed by atoms with Crippen molar-refractivity contribution in [2.45, 2.75) is 8.68 Å². The van der Waals surface area contributed by atoms with Crippen LogP contribution < -0.4 is 0 Å². The van der Waals surface area contributed by atoms with E-state index in [0.717, 1.165) is 12.5 Å². The summed E-state index contributed by atoms with van der Waals surface area (Å²) < 4.78 is 43.0. The normalized spacial score (nSPS) is 13.1. The second-order valence-corrected chi connectivity index (χ2v) is 7.73. The van der Waals surface area contributed by atoms with Crippen molar-refractivity contribution < 1.29 is 16.8 Å². The molecule has 0 radical (unpaired) electrons. The van der Waals surface area contributed by atoms with Crippen LogP contribution in [0.1, 0.15) is 0 Å². The maximum Gasteiger partial charge on any atom is 0.233 e. The van der Waals surface area contributed by atoms with Gasteiger partial charge in [-0.2, -0.15) is 0 Å². The van der Waals surface area contributed by atoms with Crippen LogP contribution in [0.4, 0.5) is 0 Å². The molecule has 9 heteroatoms. The average molecular weight is 242 g/mol. The average Bonchev–Trinajstić information content (AvgIpc) is 2.28. The summed E-state index contributed by atoms with van der Waals surface area (Å²) >= 11 is 0.549. The van der Waals surface area contributed by atoms with E-state index in [0.29, 0.717) is 11.3 Å². The van der Waals surface area contributed by atoms with Crippen molar-refractivity contribution in [3.63, 3.8) is 0 Å². The van der Waals surface area contributed by atoms with Gasteiger partial charge in [-0.05, 0) is 0 Å². The van der Waals surface area contributed by atoms with Crippen LogP contribution >= 0.6 is 11.3 Å². The fourth-order valence-corrected chi connectivity index (χ4v) is 3.03. The van der Waals surface area contributed by atoms with E-state index >= 15 is 0 Å². The summed E-state index contributed by atoms with van der Waals surface area (Å²) in [6, 6.07) is 0. The van der Waals surface area contributed by atoms with Crippen LogP contribution in [0.3, 0.4) is 0 Å². The van der Waals surface area contributed by atoms with Crippen molar-refractivity contribution in [3.8, 4) is 0 Å². The topological polar surface area (TPSA) is 94.1 Å². The molecular weight excluding hydrogens is 236 g/mol. The summed E-state index contributed by atoms with van der Waals surface area (Å²) in [6.45, 7) is 0. The van der Waals surface area contributed by atoms with Gasteiger partial charge < -0.3 is 0 Å². The molecule has 1 heterocycles. The van der Waals surface area contributed by atoms with E-state index in [1.807, 2.05) is 0 Å². The van der Waals surface area contributed by atoms with Crippen LogP contribution in [0.5, 0.6) is 0 Å². The smallest absolute Gasteiger partial charge is 0.221 e. The second-order valence-electron chi connectivity index (χ2n) is 2.38. The minimum Gasteiger partial charge on any atom is -0.221 e. The van der Waals surface area contributed by atoms with Gasteiger partial charge in [0.05, 0.1) is 0 Å². The van der Waals surface area contributed by atoms with Gasteiger partial charge in [0.25, 0.3) is 0 Å². The molecule has 0 aromatic carbocycles. The molecule has 0 fully saturated rings. The van der Waals surface area contributed by atoms with Gasteiger partial charge in [-0.25, -0.2) is 16.8 Å². The highest BCUT2D eigenvalue weighted by atomic mass is 32.3. The van der Waals surface area contributed by atoms with Gasteiger partial charge in [-0.15, -0.1) is 10.2 Å². The highest BCUT2D eigenvalue weighted by Gasteiger charge is 2.19. The molecule has 0 aliphatic heterocycles. The summed E-state index contributed by atoms with van der Waals surface area (Å²) in [7, 11) is -6.92. The molecule has 0 aliphatic carbocycles. The SMILES string of the molecule is CS(=O)(=O)c1nnc(S(C)(=O)=O)s1. The standard InChI is InChI=1S/C4H6N2O4S3/c1-12(7,8)3-5-6-4(11-3)13(2,9)10/h1-2H3. The number of sulfone groups is 2. The van der Waals surface area contributed by atoms with Crippen LogP contribution in [0, 0.1) is 0 Å². The third-order valence-electron chi connectivity index (χ3n) is 1.02. The Morgan fingerprint density at radius 2 is 1.23 bits per heavy atom. The molecular formula is C4H6N2O4S3. The summed E-state index contributed by atoms with van der Waals surface area (Å²) in [4.78, 5) is 0. The number of hydrogen-bond donors (Lipinski definition) is 0. The summed E-state index contributed by atoms with van der Waals surface area (Å²) in [6.07, 6.45) is 1.89. The Bertz CT molecular complexity index is 465. The quantitative estimate of drug-likeness (QED) is 0.683. The fraction of sp³-hybridized carbons (Fsp3) is 0.500. The zero-order chi connectivity index (χ0) is 10.3. The van der Waals surface area contributed by atoms with E-state index in [1.165, 1.54) is 0 Å². The zero-order valence-electron chi connectivity index (χ0n) is 6.75. The number of nitrogens with zero attached hydrogens (tertiary/aromatic N) is 2. The minimum atomic E-state index is -3.46. The summed E-state index contributed by atoms with van der Waals surface area (Å²) in [5, 5.41) is 6.51. The van der Waals surface area contributed by atoms with Gasteiger partial charge >= 0.3 is 0 Å². The maximum atomic E-state index is 10.9. The lowest BCUT2D eigenvalue weighted by Crippen LogP contribution is -1.95. The molecule has 0 spiro atoms. The van der Waals surface area contributed by atoms with Gasteiger partial charge in [0.1, 0.15) is 0 Å². The first-order chi connectivity index (χ1) is 5.71. The fourth-order valence-electron chi connectivity index (χ4n) is 0.497. The number of rotatable bonds is 2. The van der Waals surface area contributed by atoms with Crippen LogP contribution in [0.15, 0.2) is 8.68 Å². The van der Waals surface area contributed by atoms with E-state index in [4.69, 9.17) is 0 Å². The van der Waals surface area contributed by atoms with Crippen LogP contribution in [-0.4, -0.2) is 39.5 Å². The number of aromatic nitrogens is 2. The maximum absolute atomic E-state index is 10.9. The lowest BCUT2D eigenvalue weighted by Gasteiger charge is -1.86. The predicted octanol–water partition coefficient (Wildman–Crippen LogP) is -0.655. The monoisotopic (exact) mass is 242 g/mol. The first-order valence-electron chi connectivity index (χ1n) is 2.95. The van der Waals surface area contributed by atoms with Crippen LogP contribution in [0.25, 0.3) is 0 Å². The Balaban J connectivity index is 3.32. The first-order valence-corrected chi connectivity index (χ1v) is 7.55.